The summed E-state index contributed by atoms with van der Waals surface area (Å²) in [6.07, 6.45) is 4.64. The summed E-state index contributed by atoms with van der Waals surface area (Å²) in [7, 11) is 0. The van der Waals surface area contributed by atoms with Crippen LogP contribution < -0.4 is 0 Å². The van der Waals surface area contributed by atoms with E-state index in [1.807, 2.05) is 0 Å². The first-order valence-corrected chi connectivity index (χ1v) is 6.54. The van der Waals surface area contributed by atoms with Gasteiger partial charge in [0.05, 0.1) is 6.10 Å². The zero-order valence-corrected chi connectivity index (χ0v) is 11.4. The summed E-state index contributed by atoms with van der Waals surface area (Å²) in [5, 5.41) is 9.02. The van der Waals surface area contributed by atoms with Gasteiger partial charge >= 0.3 is 5.97 Å². The molecule has 0 aromatic rings. The highest BCUT2D eigenvalue weighted by molar-refractivity contribution is 5.87. The molecular formula is C14H26O3. The Kier molecular flexibility index (Phi) is 8.78. The summed E-state index contributed by atoms with van der Waals surface area (Å²) in [6, 6.07) is 0. The van der Waals surface area contributed by atoms with Crippen LogP contribution in [0.25, 0.3) is 0 Å². The van der Waals surface area contributed by atoms with E-state index in [-0.39, 0.29) is 12.6 Å². The maximum Gasteiger partial charge on any atom is 0.333 e. The fraction of sp³-hybridized carbons (Fsp3) is 0.786. The summed E-state index contributed by atoms with van der Waals surface area (Å²) >= 11 is 0. The average Bonchev–Trinajstić information content (AvgIpc) is 2.30. The summed E-state index contributed by atoms with van der Waals surface area (Å²) in [5.41, 5.74) is 0.522. The van der Waals surface area contributed by atoms with Crippen molar-refractivity contribution in [2.24, 2.45) is 5.92 Å². The molecular weight excluding hydrogens is 216 g/mol. The number of ether oxygens (including phenoxy) is 1. The molecule has 0 saturated heterocycles. The number of unbranched alkanes of at least 4 members (excludes halogenated alkanes) is 1. The molecule has 2 atom stereocenters. The van der Waals surface area contributed by atoms with Gasteiger partial charge in [-0.2, -0.15) is 0 Å². The van der Waals surface area contributed by atoms with Crippen molar-refractivity contribution < 1.29 is 14.6 Å². The minimum Gasteiger partial charge on any atom is -0.460 e. The van der Waals surface area contributed by atoms with Crippen LogP contribution in [0, 0.1) is 5.92 Å². The first kappa shape index (κ1) is 16.2. The Morgan fingerprint density at radius 3 is 2.53 bits per heavy atom. The second-order valence-corrected chi connectivity index (χ2v) is 4.67. The normalized spacial score (nSPS) is 14.1. The monoisotopic (exact) mass is 242 g/mol. The highest BCUT2D eigenvalue weighted by Crippen LogP contribution is 2.21. The highest BCUT2D eigenvalue weighted by Gasteiger charge is 2.14. The molecule has 3 heteroatoms. The maximum atomic E-state index is 11.5. The Hall–Kier alpha value is -0.830. The molecule has 17 heavy (non-hydrogen) atoms. The van der Waals surface area contributed by atoms with Gasteiger partial charge in [-0.3, -0.25) is 0 Å². The lowest BCUT2D eigenvalue weighted by atomic mass is 9.92. The number of hydrogen-bond acceptors (Lipinski definition) is 3. The van der Waals surface area contributed by atoms with Crippen LogP contribution >= 0.6 is 0 Å². The highest BCUT2D eigenvalue weighted by atomic mass is 16.5. The molecule has 0 bridgehead atoms. The lowest BCUT2D eigenvalue weighted by Gasteiger charge is -2.15. The average molecular weight is 242 g/mol. The van der Waals surface area contributed by atoms with Crippen molar-refractivity contribution in [2.45, 2.75) is 59.0 Å². The van der Waals surface area contributed by atoms with Crippen LogP contribution in [-0.2, 0) is 9.53 Å². The fourth-order valence-electron chi connectivity index (χ4n) is 1.67. The topological polar surface area (TPSA) is 46.5 Å². The predicted octanol–water partition coefficient (Wildman–Crippen LogP) is 3.07. The van der Waals surface area contributed by atoms with E-state index in [4.69, 9.17) is 9.84 Å². The van der Waals surface area contributed by atoms with Crippen molar-refractivity contribution in [1.29, 1.82) is 0 Å². The number of aliphatic hydroxyl groups excluding tert-OH is 1. The van der Waals surface area contributed by atoms with Crippen LogP contribution in [0.1, 0.15) is 52.9 Å². The van der Waals surface area contributed by atoms with Gasteiger partial charge < -0.3 is 9.84 Å². The second-order valence-electron chi connectivity index (χ2n) is 4.67. The van der Waals surface area contributed by atoms with Crippen LogP contribution in [0.5, 0.6) is 0 Å². The van der Waals surface area contributed by atoms with E-state index in [2.05, 4.69) is 20.4 Å². The number of carbonyl (C=O) groups is 1. The first-order chi connectivity index (χ1) is 8.01. The number of carbonyl (C=O) groups excluding carboxylic acids is 1. The molecule has 0 rings (SSSR count). The molecule has 0 radical (unpaired) electrons. The van der Waals surface area contributed by atoms with Crippen molar-refractivity contribution in [1.82, 2.24) is 0 Å². The lowest BCUT2D eigenvalue weighted by Crippen LogP contribution is -2.17. The molecule has 0 amide bonds. The zero-order valence-electron chi connectivity index (χ0n) is 11.4. The molecule has 0 saturated carbocycles. The molecule has 2 unspecified atom stereocenters. The largest absolute Gasteiger partial charge is 0.460 e. The third-order valence-corrected chi connectivity index (χ3v) is 2.82. The molecule has 0 aliphatic carbocycles. The van der Waals surface area contributed by atoms with Crippen LogP contribution in [0.2, 0.25) is 0 Å². The molecule has 0 aliphatic heterocycles. The minimum atomic E-state index is -0.617. The third kappa shape index (κ3) is 7.97. The molecule has 0 spiro atoms. The molecule has 0 aliphatic rings. The van der Waals surface area contributed by atoms with Crippen molar-refractivity contribution in [3.63, 3.8) is 0 Å². The number of hydrogen-bond donors (Lipinski definition) is 1. The Morgan fingerprint density at radius 1 is 1.41 bits per heavy atom. The van der Waals surface area contributed by atoms with Gasteiger partial charge in [0.25, 0.3) is 0 Å². The van der Waals surface area contributed by atoms with Crippen molar-refractivity contribution >= 4 is 5.97 Å². The summed E-state index contributed by atoms with van der Waals surface area (Å²) < 4.78 is 4.93. The molecule has 100 valence electrons. The lowest BCUT2D eigenvalue weighted by molar-refractivity contribution is -0.141. The summed E-state index contributed by atoms with van der Waals surface area (Å²) in [4.78, 5) is 11.5. The van der Waals surface area contributed by atoms with E-state index < -0.39 is 6.10 Å². The van der Waals surface area contributed by atoms with E-state index in [9.17, 15) is 4.79 Å². The quantitative estimate of drug-likeness (QED) is 0.499. The molecule has 3 nitrogen and oxygen atoms in total. The SMILES string of the molecule is C=C(CC(CC)CCCC)C(=O)OCC(C)O. The van der Waals surface area contributed by atoms with Crippen molar-refractivity contribution in [3.8, 4) is 0 Å². The van der Waals surface area contributed by atoms with Gasteiger partial charge in [-0.05, 0) is 19.3 Å². The second kappa shape index (κ2) is 9.23. The Balaban J connectivity index is 3.99. The van der Waals surface area contributed by atoms with Gasteiger partial charge in [0.2, 0.25) is 0 Å². The van der Waals surface area contributed by atoms with Crippen molar-refractivity contribution in [2.75, 3.05) is 6.61 Å². The predicted molar refractivity (Wildman–Crippen MR) is 69.7 cm³/mol. The van der Waals surface area contributed by atoms with Crippen LogP contribution in [-0.4, -0.2) is 23.8 Å². The molecule has 0 aromatic carbocycles. The summed E-state index contributed by atoms with van der Waals surface area (Å²) in [5.74, 6) is 0.141. The van der Waals surface area contributed by atoms with E-state index in [1.165, 1.54) is 12.8 Å². The van der Waals surface area contributed by atoms with Crippen LogP contribution in [0.4, 0.5) is 0 Å². The van der Waals surface area contributed by atoms with Gasteiger partial charge in [-0.25, -0.2) is 4.79 Å². The minimum absolute atomic E-state index is 0.0452. The number of aliphatic hydroxyl groups is 1. The zero-order chi connectivity index (χ0) is 13.3. The number of esters is 1. The van der Waals surface area contributed by atoms with Gasteiger partial charge in [0.15, 0.2) is 0 Å². The fourth-order valence-corrected chi connectivity index (χ4v) is 1.67. The third-order valence-electron chi connectivity index (χ3n) is 2.82. The molecule has 0 heterocycles. The Bertz CT molecular complexity index is 234. The smallest absolute Gasteiger partial charge is 0.333 e. The number of rotatable bonds is 9. The summed E-state index contributed by atoms with van der Waals surface area (Å²) in [6.45, 7) is 9.71. The molecule has 1 N–H and O–H groups in total. The standard InChI is InChI=1S/C14H26O3/c1-5-7-8-13(6-2)9-11(3)14(16)17-10-12(4)15/h12-13,15H,3,5-10H2,1-2,4H3. The first-order valence-electron chi connectivity index (χ1n) is 6.54. The van der Waals surface area contributed by atoms with Gasteiger partial charge in [0.1, 0.15) is 6.61 Å². The Labute approximate surface area is 105 Å². The van der Waals surface area contributed by atoms with Gasteiger partial charge in [-0.1, -0.05) is 46.1 Å². The van der Waals surface area contributed by atoms with Gasteiger partial charge in [0, 0.05) is 5.57 Å². The van der Waals surface area contributed by atoms with E-state index in [0.29, 0.717) is 17.9 Å². The van der Waals surface area contributed by atoms with E-state index in [1.54, 1.807) is 6.92 Å². The van der Waals surface area contributed by atoms with E-state index in [0.717, 1.165) is 12.8 Å². The van der Waals surface area contributed by atoms with Crippen LogP contribution in [0.15, 0.2) is 12.2 Å². The van der Waals surface area contributed by atoms with Crippen molar-refractivity contribution in [3.05, 3.63) is 12.2 Å². The van der Waals surface area contributed by atoms with E-state index >= 15 is 0 Å². The van der Waals surface area contributed by atoms with Gasteiger partial charge in [-0.15, -0.1) is 0 Å². The van der Waals surface area contributed by atoms with Crippen LogP contribution in [0.3, 0.4) is 0 Å². The molecule has 0 fully saturated rings. The molecule has 0 aromatic heterocycles. The maximum absolute atomic E-state index is 11.5. The Morgan fingerprint density at radius 2 is 2.06 bits per heavy atom.